The van der Waals surface area contributed by atoms with Crippen molar-refractivity contribution >= 4 is 28.9 Å². The third kappa shape index (κ3) is 4.65. The van der Waals surface area contributed by atoms with Gasteiger partial charge in [-0.15, -0.1) is 0 Å². The fourth-order valence-corrected chi connectivity index (χ4v) is 2.26. The van der Waals surface area contributed by atoms with Crippen molar-refractivity contribution in [2.75, 3.05) is 18.5 Å². The molecule has 0 fully saturated rings. The molecule has 2 aromatic carbocycles. The van der Waals surface area contributed by atoms with Crippen molar-refractivity contribution < 1.29 is 24.0 Å². The van der Waals surface area contributed by atoms with Crippen LogP contribution in [0.3, 0.4) is 0 Å². The van der Waals surface area contributed by atoms with Crippen LogP contribution in [0.2, 0.25) is 5.02 Å². The van der Waals surface area contributed by atoms with Crippen molar-refractivity contribution in [3.05, 3.63) is 68.5 Å². The summed E-state index contributed by atoms with van der Waals surface area (Å²) in [6.07, 6.45) is 0. The van der Waals surface area contributed by atoms with E-state index >= 15 is 0 Å². The van der Waals surface area contributed by atoms with E-state index in [4.69, 9.17) is 21.4 Å². The number of rotatable bonds is 7. The lowest BCUT2D eigenvalue weighted by Crippen LogP contribution is -2.13. The zero-order valence-electron chi connectivity index (χ0n) is 12.9. The lowest BCUT2D eigenvalue weighted by atomic mass is 10.1. The summed E-state index contributed by atoms with van der Waals surface area (Å²) in [5, 5.41) is 22.6. The summed E-state index contributed by atoms with van der Waals surface area (Å²) in [5.74, 6) is -1.51. The fourth-order valence-electron chi connectivity index (χ4n) is 2.05. The van der Waals surface area contributed by atoms with Crippen molar-refractivity contribution in [3.8, 4) is 0 Å². The molecule has 0 atom stereocenters. The minimum atomic E-state index is -0.886. The van der Waals surface area contributed by atoms with Gasteiger partial charge < -0.3 is 15.2 Å². The minimum Gasteiger partial charge on any atom is -0.457 e. The second-order valence-corrected chi connectivity index (χ2v) is 5.32. The first-order valence-electron chi connectivity index (χ1n) is 7.17. The molecule has 9 heteroatoms. The van der Waals surface area contributed by atoms with E-state index in [1.807, 2.05) is 0 Å². The molecule has 25 heavy (non-hydrogen) atoms. The molecule has 2 rings (SSSR count). The van der Waals surface area contributed by atoms with Gasteiger partial charge in [0.15, 0.2) is 0 Å². The Morgan fingerprint density at radius 2 is 2.12 bits per heavy atom. The lowest BCUT2D eigenvalue weighted by Gasteiger charge is -2.12. The second kappa shape index (κ2) is 8.41. The van der Waals surface area contributed by atoms with E-state index in [0.717, 1.165) is 6.07 Å². The molecule has 2 aromatic rings. The molecule has 0 bridgehead atoms. The summed E-state index contributed by atoms with van der Waals surface area (Å²) in [4.78, 5) is 22.5. The summed E-state index contributed by atoms with van der Waals surface area (Å²) >= 11 is 5.86. The molecule has 132 valence electrons. The highest BCUT2D eigenvalue weighted by atomic mass is 35.5. The second-order valence-electron chi connectivity index (χ2n) is 4.91. The standard InChI is InChI=1S/C16H14ClFN2O5/c17-13-2-1-3-14(18)12(13)9-25-16(22)11-8-10(20(23)24)4-5-15(11)19-6-7-21/h1-5,8,19,21H,6-7,9H2. The first kappa shape index (κ1) is 18.6. The summed E-state index contributed by atoms with van der Waals surface area (Å²) in [7, 11) is 0. The highest BCUT2D eigenvalue weighted by Crippen LogP contribution is 2.25. The Hall–Kier alpha value is -2.71. The predicted molar refractivity (Wildman–Crippen MR) is 89.2 cm³/mol. The zero-order valence-corrected chi connectivity index (χ0v) is 13.6. The number of hydrogen-bond acceptors (Lipinski definition) is 6. The maximum Gasteiger partial charge on any atom is 0.340 e. The number of nitro groups is 1. The van der Waals surface area contributed by atoms with Gasteiger partial charge in [-0.1, -0.05) is 17.7 Å². The molecule has 2 N–H and O–H groups in total. The van der Waals surface area contributed by atoms with Gasteiger partial charge in [0.2, 0.25) is 0 Å². The van der Waals surface area contributed by atoms with Gasteiger partial charge in [0.05, 0.1) is 22.1 Å². The molecule has 0 heterocycles. The summed E-state index contributed by atoms with van der Waals surface area (Å²) in [6.45, 7) is -0.486. The minimum absolute atomic E-state index is 0.00724. The Bertz CT molecular complexity index is 780. The Labute approximate surface area is 147 Å². The average molecular weight is 369 g/mol. The first-order valence-corrected chi connectivity index (χ1v) is 7.55. The topological polar surface area (TPSA) is 102 Å². The van der Waals surface area contributed by atoms with Gasteiger partial charge in [-0.05, 0) is 18.2 Å². The van der Waals surface area contributed by atoms with Crippen molar-refractivity contribution in [2.45, 2.75) is 6.61 Å². The number of carbonyl (C=O) groups excluding carboxylic acids is 1. The Kier molecular flexibility index (Phi) is 6.26. The molecule has 0 aliphatic carbocycles. The van der Waals surface area contributed by atoms with E-state index in [0.29, 0.717) is 0 Å². The van der Waals surface area contributed by atoms with E-state index in [1.54, 1.807) is 0 Å². The molecule has 0 unspecified atom stereocenters. The van der Waals surface area contributed by atoms with Crippen LogP contribution in [0.25, 0.3) is 0 Å². The molecule has 0 saturated carbocycles. The smallest absolute Gasteiger partial charge is 0.340 e. The van der Waals surface area contributed by atoms with Gasteiger partial charge in [-0.25, -0.2) is 9.18 Å². The van der Waals surface area contributed by atoms with Crippen molar-refractivity contribution in [1.82, 2.24) is 0 Å². The van der Waals surface area contributed by atoms with Gasteiger partial charge in [-0.3, -0.25) is 10.1 Å². The van der Waals surface area contributed by atoms with E-state index in [1.165, 1.54) is 30.3 Å². The maximum atomic E-state index is 13.7. The predicted octanol–water partition coefficient (Wildman–Crippen LogP) is 3.15. The maximum absolute atomic E-state index is 13.7. The molecule has 0 radical (unpaired) electrons. The summed E-state index contributed by atoms with van der Waals surface area (Å²) in [5.41, 5.74) is -0.141. The van der Waals surface area contributed by atoms with Crippen molar-refractivity contribution in [1.29, 1.82) is 0 Å². The van der Waals surface area contributed by atoms with Crippen LogP contribution < -0.4 is 5.32 Å². The lowest BCUT2D eigenvalue weighted by molar-refractivity contribution is -0.384. The normalized spacial score (nSPS) is 10.4. The highest BCUT2D eigenvalue weighted by Gasteiger charge is 2.19. The van der Waals surface area contributed by atoms with Crippen LogP contribution in [-0.2, 0) is 11.3 Å². The molecular weight excluding hydrogens is 355 g/mol. The van der Waals surface area contributed by atoms with E-state index in [9.17, 15) is 19.3 Å². The van der Waals surface area contributed by atoms with Crippen molar-refractivity contribution in [3.63, 3.8) is 0 Å². The number of nitrogens with one attached hydrogen (secondary N) is 1. The average Bonchev–Trinajstić information content (AvgIpc) is 2.59. The largest absolute Gasteiger partial charge is 0.457 e. The van der Waals surface area contributed by atoms with Crippen LogP contribution in [0.1, 0.15) is 15.9 Å². The van der Waals surface area contributed by atoms with E-state index in [2.05, 4.69) is 5.32 Å². The van der Waals surface area contributed by atoms with Crippen LogP contribution in [0.5, 0.6) is 0 Å². The zero-order chi connectivity index (χ0) is 18.4. The number of nitrogens with zero attached hydrogens (tertiary/aromatic N) is 1. The van der Waals surface area contributed by atoms with Gasteiger partial charge >= 0.3 is 5.97 Å². The highest BCUT2D eigenvalue weighted by molar-refractivity contribution is 6.31. The van der Waals surface area contributed by atoms with Crippen LogP contribution in [0.15, 0.2) is 36.4 Å². The van der Waals surface area contributed by atoms with Crippen LogP contribution >= 0.6 is 11.6 Å². The number of benzene rings is 2. The fraction of sp³-hybridized carbons (Fsp3) is 0.188. The van der Waals surface area contributed by atoms with Gasteiger partial charge in [0.1, 0.15) is 12.4 Å². The van der Waals surface area contributed by atoms with Crippen LogP contribution in [0.4, 0.5) is 15.8 Å². The van der Waals surface area contributed by atoms with Gasteiger partial charge in [0, 0.05) is 29.9 Å². The quantitative estimate of drug-likeness (QED) is 0.442. The molecule has 7 nitrogen and oxygen atoms in total. The number of aliphatic hydroxyl groups excluding tert-OH is 1. The van der Waals surface area contributed by atoms with Crippen molar-refractivity contribution in [2.24, 2.45) is 0 Å². The SMILES string of the molecule is O=C(OCc1c(F)cccc1Cl)c1cc([N+](=O)[O-])ccc1NCCO. The number of esters is 1. The van der Waals surface area contributed by atoms with Crippen LogP contribution in [-0.4, -0.2) is 29.2 Å². The Morgan fingerprint density at radius 3 is 2.76 bits per heavy atom. The monoisotopic (exact) mass is 368 g/mol. The number of hydrogen-bond donors (Lipinski definition) is 2. The van der Waals surface area contributed by atoms with Crippen LogP contribution in [0, 0.1) is 15.9 Å². The summed E-state index contributed by atoms with van der Waals surface area (Å²) in [6, 6.07) is 7.64. The molecule has 0 aliphatic rings. The number of non-ortho nitro benzene ring substituents is 1. The molecule has 0 saturated heterocycles. The van der Waals surface area contributed by atoms with Gasteiger partial charge in [0.25, 0.3) is 5.69 Å². The molecule has 0 spiro atoms. The Morgan fingerprint density at radius 1 is 1.36 bits per heavy atom. The third-order valence-electron chi connectivity index (χ3n) is 3.27. The number of nitro benzene ring substituents is 1. The number of halogens is 2. The number of carbonyl (C=O) groups is 1. The molecule has 0 aliphatic heterocycles. The van der Waals surface area contributed by atoms with E-state index < -0.39 is 23.3 Å². The molecule has 0 aromatic heterocycles. The number of ether oxygens (including phenoxy) is 1. The third-order valence-corrected chi connectivity index (χ3v) is 3.62. The van der Waals surface area contributed by atoms with E-state index in [-0.39, 0.29) is 40.7 Å². The number of anilines is 1. The molecule has 0 amide bonds. The summed E-state index contributed by atoms with van der Waals surface area (Å²) < 4.78 is 18.8. The first-order chi connectivity index (χ1) is 11.9. The number of aliphatic hydroxyl groups is 1. The van der Waals surface area contributed by atoms with Gasteiger partial charge in [-0.2, -0.15) is 0 Å². The Balaban J connectivity index is 2.24. The molecular formula is C16H14ClFN2O5.